The fourth-order valence-corrected chi connectivity index (χ4v) is 3.20. The number of benzene rings is 1. The maximum atomic E-state index is 3.58. The molecule has 2 rings (SSSR count). The summed E-state index contributed by atoms with van der Waals surface area (Å²) >= 11 is 0. The van der Waals surface area contributed by atoms with Crippen LogP contribution in [0.3, 0.4) is 0 Å². The topological polar surface area (TPSA) is 15.3 Å². The molecule has 1 heterocycles. The zero-order chi connectivity index (χ0) is 13.7. The summed E-state index contributed by atoms with van der Waals surface area (Å²) in [7, 11) is 0. The van der Waals surface area contributed by atoms with Gasteiger partial charge in [0.05, 0.1) is 0 Å². The molecule has 2 heteroatoms. The van der Waals surface area contributed by atoms with E-state index in [1.807, 2.05) is 0 Å². The first-order chi connectivity index (χ1) is 9.19. The average Bonchev–Trinajstić information content (AvgIpc) is 2.39. The molecule has 0 spiro atoms. The average molecular weight is 260 g/mol. The van der Waals surface area contributed by atoms with Gasteiger partial charge in [-0.3, -0.25) is 4.90 Å². The Kier molecular flexibility index (Phi) is 5.41. The summed E-state index contributed by atoms with van der Waals surface area (Å²) in [5.41, 5.74) is 2.82. The maximum Gasteiger partial charge on any atom is 0.0233 e. The fraction of sp³-hybridized carbons (Fsp3) is 0.647. The van der Waals surface area contributed by atoms with Crippen LogP contribution in [0, 0.1) is 12.8 Å². The number of hydrogen-bond donors (Lipinski definition) is 1. The number of rotatable bonds is 5. The molecule has 2 unspecified atom stereocenters. The molecular weight excluding hydrogens is 232 g/mol. The van der Waals surface area contributed by atoms with E-state index in [9.17, 15) is 0 Å². The lowest BCUT2D eigenvalue weighted by Gasteiger charge is -2.36. The highest BCUT2D eigenvalue weighted by molar-refractivity contribution is 5.22. The van der Waals surface area contributed by atoms with Crippen LogP contribution in [0.2, 0.25) is 0 Å². The Balaban J connectivity index is 1.90. The van der Waals surface area contributed by atoms with E-state index in [2.05, 4.69) is 55.3 Å². The molecule has 0 saturated carbocycles. The van der Waals surface area contributed by atoms with E-state index in [0.29, 0.717) is 6.04 Å². The summed E-state index contributed by atoms with van der Waals surface area (Å²) in [5.74, 6) is 0.804. The molecule has 0 bridgehead atoms. The van der Waals surface area contributed by atoms with E-state index < -0.39 is 0 Å². The third kappa shape index (κ3) is 4.32. The predicted molar refractivity (Wildman–Crippen MR) is 82.3 cm³/mol. The lowest BCUT2D eigenvalue weighted by Crippen LogP contribution is -2.44. The summed E-state index contributed by atoms with van der Waals surface area (Å²) in [6.45, 7) is 11.4. The molecule has 1 aliphatic heterocycles. The first kappa shape index (κ1) is 14.5. The molecule has 2 atom stereocenters. The van der Waals surface area contributed by atoms with Crippen molar-refractivity contribution in [1.29, 1.82) is 0 Å². The minimum Gasteiger partial charge on any atom is -0.314 e. The number of likely N-dealkylation sites (tertiary alicyclic amines) is 1. The summed E-state index contributed by atoms with van der Waals surface area (Å²) in [5, 5.41) is 3.58. The first-order valence-corrected chi connectivity index (χ1v) is 7.70. The third-order valence-corrected chi connectivity index (χ3v) is 4.26. The minimum atomic E-state index is 0.644. The highest BCUT2D eigenvalue weighted by atomic mass is 15.1. The Labute approximate surface area is 118 Å². The Morgan fingerprint density at radius 1 is 1.42 bits per heavy atom. The van der Waals surface area contributed by atoms with E-state index in [1.54, 1.807) is 0 Å². The molecule has 2 nitrogen and oxygen atoms in total. The second-order valence-corrected chi connectivity index (χ2v) is 5.97. The van der Waals surface area contributed by atoms with E-state index >= 15 is 0 Å². The number of nitrogens with zero attached hydrogens (tertiary/aromatic N) is 1. The van der Waals surface area contributed by atoms with Gasteiger partial charge in [0.15, 0.2) is 0 Å². The smallest absolute Gasteiger partial charge is 0.0233 e. The van der Waals surface area contributed by atoms with Crippen LogP contribution in [0.5, 0.6) is 0 Å². The molecule has 1 aliphatic rings. The van der Waals surface area contributed by atoms with Crippen LogP contribution < -0.4 is 5.32 Å². The van der Waals surface area contributed by atoms with Crippen molar-refractivity contribution in [1.82, 2.24) is 10.2 Å². The lowest BCUT2D eigenvalue weighted by atomic mass is 9.91. The Bertz CT molecular complexity index is 389. The molecule has 1 fully saturated rings. The van der Waals surface area contributed by atoms with Crippen LogP contribution in [0.1, 0.15) is 37.8 Å². The highest BCUT2D eigenvalue weighted by Crippen LogP contribution is 2.21. The fourth-order valence-electron chi connectivity index (χ4n) is 3.20. The van der Waals surface area contributed by atoms with Gasteiger partial charge in [-0.15, -0.1) is 0 Å². The van der Waals surface area contributed by atoms with Crippen molar-refractivity contribution >= 4 is 0 Å². The minimum absolute atomic E-state index is 0.644. The summed E-state index contributed by atoms with van der Waals surface area (Å²) in [4.78, 5) is 2.62. The summed E-state index contributed by atoms with van der Waals surface area (Å²) < 4.78 is 0. The second-order valence-electron chi connectivity index (χ2n) is 5.97. The van der Waals surface area contributed by atoms with E-state index in [0.717, 1.165) is 19.0 Å². The standard InChI is InChI=1S/C17H28N2/c1-4-18-15(3)17-9-6-10-19(13-17)12-16-8-5-7-14(2)11-16/h5,7-8,11,15,17-18H,4,6,9-10,12-13H2,1-3H3. The summed E-state index contributed by atoms with van der Waals surface area (Å²) in [6.07, 6.45) is 2.71. The molecule has 0 aromatic heterocycles. The lowest BCUT2D eigenvalue weighted by molar-refractivity contribution is 0.145. The highest BCUT2D eigenvalue weighted by Gasteiger charge is 2.23. The second kappa shape index (κ2) is 7.06. The molecule has 106 valence electrons. The van der Waals surface area contributed by atoms with Crippen molar-refractivity contribution in [3.05, 3.63) is 35.4 Å². The van der Waals surface area contributed by atoms with Gasteiger partial charge in [-0.25, -0.2) is 0 Å². The number of nitrogens with one attached hydrogen (secondary N) is 1. The largest absolute Gasteiger partial charge is 0.314 e. The van der Waals surface area contributed by atoms with Crippen LogP contribution in [0.4, 0.5) is 0 Å². The molecule has 19 heavy (non-hydrogen) atoms. The monoisotopic (exact) mass is 260 g/mol. The van der Waals surface area contributed by atoms with Crippen molar-refractivity contribution in [2.75, 3.05) is 19.6 Å². The van der Waals surface area contributed by atoms with Crippen LogP contribution in [-0.2, 0) is 6.54 Å². The molecule has 1 aromatic rings. The van der Waals surface area contributed by atoms with Gasteiger partial charge >= 0.3 is 0 Å². The maximum absolute atomic E-state index is 3.58. The van der Waals surface area contributed by atoms with E-state index in [-0.39, 0.29) is 0 Å². The number of piperidine rings is 1. The quantitative estimate of drug-likeness (QED) is 0.874. The molecule has 0 amide bonds. The van der Waals surface area contributed by atoms with Gasteiger partial charge in [0, 0.05) is 19.1 Å². The van der Waals surface area contributed by atoms with Crippen LogP contribution in [-0.4, -0.2) is 30.6 Å². The molecule has 1 aromatic carbocycles. The van der Waals surface area contributed by atoms with E-state index in [4.69, 9.17) is 0 Å². The normalized spacial score (nSPS) is 22.4. The third-order valence-electron chi connectivity index (χ3n) is 4.26. The molecule has 0 radical (unpaired) electrons. The van der Waals surface area contributed by atoms with Crippen molar-refractivity contribution in [2.45, 2.75) is 46.2 Å². The van der Waals surface area contributed by atoms with Crippen molar-refractivity contribution in [3.8, 4) is 0 Å². The van der Waals surface area contributed by atoms with Gasteiger partial charge in [0.1, 0.15) is 0 Å². The Hall–Kier alpha value is -0.860. The summed E-state index contributed by atoms with van der Waals surface area (Å²) in [6, 6.07) is 9.57. The van der Waals surface area contributed by atoms with Gasteiger partial charge in [-0.2, -0.15) is 0 Å². The zero-order valence-electron chi connectivity index (χ0n) is 12.7. The molecular formula is C17H28N2. The Morgan fingerprint density at radius 3 is 3.00 bits per heavy atom. The zero-order valence-corrected chi connectivity index (χ0v) is 12.7. The van der Waals surface area contributed by atoms with E-state index in [1.165, 1.54) is 37.1 Å². The van der Waals surface area contributed by atoms with Crippen LogP contribution >= 0.6 is 0 Å². The van der Waals surface area contributed by atoms with Gasteiger partial charge in [0.2, 0.25) is 0 Å². The van der Waals surface area contributed by atoms with Crippen molar-refractivity contribution in [2.24, 2.45) is 5.92 Å². The Morgan fingerprint density at radius 2 is 2.26 bits per heavy atom. The molecule has 0 aliphatic carbocycles. The van der Waals surface area contributed by atoms with Gasteiger partial charge in [-0.05, 0) is 51.3 Å². The molecule has 1 saturated heterocycles. The number of aryl methyl sites for hydroxylation is 1. The van der Waals surface area contributed by atoms with Gasteiger partial charge < -0.3 is 5.32 Å². The van der Waals surface area contributed by atoms with Gasteiger partial charge in [-0.1, -0.05) is 36.8 Å². The van der Waals surface area contributed by atoms with Crippen molar-refractivity contribution in [3.63, 3.8) is 0 Å². The van der Waals surface area contributed by atoms with Gasteiger partial charge in [0.25, 0.3) is 0 Å². The van der Waals surface area contributed by atoms with Crippen LogP contribution in [0.25, 0.3) is 0 Å². The van der Waals surface area contributed by atoms with Crippen molar-refractivity contribution < 1.29 is 0 Å². The predicted octanol–water partition coefficient (Wildman–Crippen LogP) is 3.21. The molecule has 1 N–H and O–H groups in total. The number of hydrogen-bond acceptors (Lipinski definition) is 2. The first-order valence-electron chi connectivity index (χ1n) is 7.70. The SMILES string of the molecule is CCNC(C)C1CCCN(Cc2cccc(C)c2)C1. The van der Waals surface area contributed by atoms with Crippen LogP contribution in [0.15, 0.2) is 24.3 Å².